The molecule has 0 fully saturated rings. The number of nitrogens with one attached hydrogen (secondary N) is 2. The highest BCUT2D eigenvalue weighted by molar-refractivity contribution is 5.99. The molecule has 2 aromatic carbocycles. The van der Waals surface area contributed by atoms with Crippen molar-refractivity contribution in [3.05, 3.63) is 59.2 Å². The van der Waals surface area contributed by atoms with Crippen LogP contribution in [0.4, 0.5) is 10.5 Å². The van der Waals surface area contributed by atoms with Gasteiger partial charge in [0.1, 0.15) is 23.4 Å². The van der Waals surface area contributed by atoms with Gasteiger partial charge >= 0.3 is 6.09 Å². The van der Waals surface area contributed by atoms with Gasteiger partial charge in [-0.1, -0.05) is 39.0 Å². The van der Waals surface area contributed by atoms with Crippen molar-refractivity contribution in [2.45, 2.75) is 105 Å². The Labute approximate surface area is 246 Å². The van der Waals surface area contributed by atoms with Gasteiger partial charge in [-0.3, -0.25) is 9.59 Å². The summed E-state index contributed by atoms with van der Waals surface area (Å²) < 4.78 is 10.8. The van der Waals surface area contributed by atoms with Crippen molar-refractivity contribution < 1.29 is 23.9 Å². The molecule has 2 N–H and O–H groups in total. The number of hydrogen-bond acceptors (Lipinski definition) is 5. The van der Waals surface area contributed by atoms with Gasteiger partial charge in [-0.2, -0.15) is 0 Å². The minimum atomic E-state index is -0.964. The minimum Gasteiger partial charge on any atom is -0.497 e. The van der Waals surface area contributed by atoms with Crippen LogP contribution >= 0.6 is 0 Å². The molecule has 0 saturated carbocycles. The SMILES string of the molecule is CCC(C)(C)N(C(=O)C(CC(C)C)NC(=O)OC(C)(C)C)C(C(=O)Nc1ccc(OC)cc1)c1ccc(C)c(C)c1. The van der Waals surface area contributed by atoms with Crippen LogP contribution in [0.5, 0.6) is 5.75 Å². The van der Waals surface area contributed by atoms with Crippen LogP contribution in [-0.2, 0) is 14.3 Å². The third-order valence-electron chi connectivity index (χ3n) is 7.16. The summed E-state index contributed by atoms with van der Waals surface area (Å²) in [6.45, 7) is 19.2. The van der Waals surface area contributed by atoms with Crippen LogP contribution in [-0.4, -0.2) is 47.1 Å². The number of aryl methyl sites for hydroxylation is 2. The molecule has 0 aliphatic carbocycles. The molecular formula is C33H49N3O5. The molecule has 226 valence electrons. The van der Waals surface area contributed by atoms with Crippen LogP contribution in [0, 0.1) is 19.8 Å². The highest BCUT2D eigenvalue weighted by Crippen LogP contribution is 2.34. The van der Waals surface area contributed by atoms with E-state index in [9.17, 15) is 14.4 Å². The first kappa shape index (κ1) is 33.7. The summed E-state index contributed by atoms with van der Waals surface area (Å²) in [5, 5.41) is 5.82. The number of anilines is 1. The third-order valence-corrected chi connectivity index (χ3v) is 7.16. The fraction of sp³-hybridized carbons (Fsp3) is 0.545. The summed E-state index contributed by atoms with van der Waals surface area (Å²) in [5.74, 6) is 0.0689. The second-order valence-electron chi connectivity index (χ2n) is 12.7. The molecule has 2 rings (SSSR count). The smallest absolute Gasteiger partial charge is 0.408 e. The number of ether oxygens (including phenoxy) is 2. The van der Waals surface area contributed by atoms with E-state index in [0.717, 1.165) is 11.1 Å². The van der Waals surface area contributed by atoms with Crippen molar-refractivity contribution in [3.63, 3.8) is 0 Å². The molecule has 0 bridgehead atoms. The molecule has 0 aliphatic rings. The first-order valence-electron chi connectivity index (χ1n) is 14.3. The Balaban J connectivity index is 2.66. The maximum atomic E-state index is 14.6. The average molecular weight is 568 g/mol. The Morgan fingerprint density at radius 2 is 1.54 bits per heavy atom. The number of alkyl carbamates (subject to hydrolysis) is 1. The van der Waals surface area contributed by atoms with Crippen LogP contribution in [0.2, 0.25) is 0 Å². The van der Waals surface area contributed by atoms with Crippen molar-refractivity contribution in [2.24, 2.45) is 5.92 Å². The highest BCUT2D eigenvalue weighted by Gasteiger charge is 2.43. The zero-order chi connectivity index (χ0) is 31.1. The monoisotopic (exact) mass is 567 g/mol. The summed E-state index contributed by atoms with van der Waals surface area (Å²) in [5.41, 5.74) is 1.91. The van der Waals surface area contributed by atoms with Gasteiger partial charge in [-0.15, -0.1) is 0 Å². The molecular weight excluding hydrogens is 518 g/mol. The predicted octanol–water partition coefficient (Wildman–Crippen LogP) is 6.95. The molecule has 41 heavy (non-hydrogen) atoms. The zero-order valence-corrected chi connectivity index (χ0v) is 26.7. The molecule has 0 radical (unpaired) electrons. The maximum Gasteiger partial charge on any atom is 0.408 e. The second kappa shape index (κ2) is 13.9. The van der Waals surface area contributed by atoms with Crippen molar-refractivity contribution in [3.8, 4) is 5.75 Å². The van der Waals surface area contributed by atoms with Crippen molar-refractivity contribution in [1.82, 2.24) is 10.2 Å². The van der Waals surface area contributed by atoms with E-state index in [-0.39, 0.29) is 17.7 Å². The van der Waals surface area contributed by atoms with E-state index < -0.39 is 29.3 Å². The molecule has 8 heteroatoms. The first-order chi connectivity index (χ1) is 19.0. The fourth-order valence-corrected chi connectivity index (χ4v) is 4.49. The molecule has 0 heterocycles. The van der Waals surface area contributed by atoms with Crippen LogP contribution in [0.15, 0.2) is 42.5 Å². The van der Waals surface area contributed by atoms with Crippen molar-refractivity contribution in [2.75, 3.05) is 12.4 Å². The van der Waals surface area contributed by atoms with E-state index in [1.165, 1.54) is 0 Å². The lowest BCUT2D eigenvalue weighted by Gasteiger charge is -2.45. The number of amides is 3. The van der Waals surface area contributed by atoms with Gasteiger partial charge in [0.2, 0.25) is 5.91 Å². The van der Waals surface area contributed by atoms with Crippen molar-refractivity contribution >= 4 is 23.6 Å². The minimum absolute atomic E-state index is 0.0960. The Hall–Kier alpha value is -3.55. The van der Waals surface area contributed by atoms with E-state index in [4.69, 9.17) is 9.47 Å². The molecule has 0 aliphatic heterocycles. The lowest BCUT2D eigenvalue weighted by Crippen LogP contribution is -2.59. The van der Waals surface area contributed by atoms with Gasteiger partial charge in [0, 0.05) is 11.2 Å². The quantitative estimate of drug-likeness (QED) is 0.306. The number of rotatable bonds is 11. The Morgan fingerprint density at radius 3 is 2.02 bits per heavy atom. The van der Waals surface area contributed by atoms with Gasteiger partial charge in [0.05, 0.1) is 7.11 Å². The highest BCUT2D eigenvalue weighted by atomic mass is 16.6. The van der Waals surface area contributed by atoms with Gasteiger partial charge in [0.25, 0.3) is 5.91 Å². The molecule has 0 aromatic heterocycles. The third kappa shape index (κ3) is 9.51. The molecule has 8 nitrogen and oxygen atoms in total. The van der Waals surface area contributed by atoms with Gasteiger partial charge < -0.3 is 25.0 Å². The van der Waals surface area contributed by atoms with Gasteiger partial charge in [0.15, 0.2) is 0 Å². The van der Waals surface area contributed by atoms with E-state index in [2.05, 4.69) is 10.6 Å². The van der Waals surface area contributed by atoms with Gasteiger partial charge in [-0.05, 0) is 108 Å². The van der Waals surface area contributed by atoms with Gasteiger partial charge in [-0.25, -0.2) is 4.79 Å². The van der Waals surface area contributed by atoms with E-state index in [1.807, 2.05) is 66.7 Å². The summed E-state index contributed by atoms with van der Waals surface area (Å²) in [7, 11) is 1.58. The number of nitrogens with zero attached hydrogens (tertiary/aromatic N) is 1. The number of carbonyl (C=O) groups excluding carboxylic acids is 3. The van der Waals surface area contributed by atoms with Crippen LogP contribution in [0.1, 0.15) is 91.0 Å². The summed E-state index contributed by atoms with van der Waals surface area (Å²) in [4.78, 5) is 43.2. The average Bonchev–Trinajstić information content (AvgIpc) is 2.87. The van der Waals surface area contributed by atoms with E-state index in [0.29, 0.717) is 29.8 Å². The number of hydrogen-bond donors (Lipinski definition) is 2. The van der Waals surface area contributed by atoms with E-state index in [1.54, 1.807) is 57.0 Å². The second-order valence-corrected chi connectivity index (χ2v) is 12.7. The molecule has 2 aromatic rings. The lowest BCUT2D eigenvalue weighted by atomic mass is 9.90. The standard InChI is InChI=1S/C33H49N3O5/c1-12-33(9,10)36(30(38)27(19-21(2)3)35-31(39)41-32(6,7)8)28(24-14-13-22(4)23(5)20-24)29(37)34-25-15-17-26(40-11)18-16-25/h13-18,20-21,27-28H,12,19H2,1-11H3,(H,34,37)(H,35,39). The summed E-state index contributed by atoms with van der Waals surface area (Å²) >= 11 is 0. The number of methoxy groups -OCH3 is 1. The molecule has 2 unspecified atom stereocenters. The largest absolute Gasteiger partial charge is 0.497 e. The topological polar surface area (TPSA) is 97.0 Å². The summed E-state index contributed by atoms with van der Waals surface area (Å²) in [6, 6.07) is 11.0. The molecule has 3 amide bonds. The first-order valence-corrected chi connectivity index (χ1v) is 14.3. The normalized spacial score (nSPS) is 13.3. The van der Waals surface area contributed by atoms with Crippen LogP contribution < -0.4 is 15.4 Å². The molecule has 2 atom stereocenters. The molecule has 0 saturated heterocycles. The Morgan fingerprint density at radius 1 is 0.927 bits per heavy atom. The summed E-state index contributed by atoms with van der Waals surface area (Å²) in [6.07, 6.45) is 0.293. The van der Waals surface area contributed by atoms with Crippen LogP contribution in [0.3, 0.4) is 0 Å². The maximum absolute atomic E-state index is 14.6. The van der Waals surface area contributed by atoms with Crippen LogP contribution in [0.25, 0.3) is 0 Å². The molecule has 0 spiro atoms. The Kier molecular flexibility index (Phi) is 11.4. The Bertz CT molecular complexity index is 1200. The van der Waals surface area contributed by atoms with E-state index >= 15 is 0 Å². The predicted molar refractivity (Wildman–Crippen MR) is 164 cm³/mol. The fourth-order valence-electron chi connectivity index (χ4n) is 4.49. The zero-order valence-electron chi connectivity index (χ0n) is 26.7. The number of carbonyl (C=O) groups is 3. The van der Waals surface area contributed by atoms with Crippen molar-refractivity contribution in [1.29, 1.82) is 0 Å². The lowest BCUT2D eigenvalue weighted by molar-refractivity contribution is -0.148. The number of benzene rings is 2.